The van der Waals surface area contributed by atoms with E-state index in [-0.39, 0.29) is 5.54 Å². The molecule has 0 aliphatic heterocycles. The molecule has 2 rings (SSSR count). The van der Waals surface area contributed by atoms with Gasteiger partial charge in [0, 0.05) is 24.9 Å². The summed E-state index contributed by atoms with van der Waals surface area (Å²) in [5.74, 6) is 1.63. The molecule has 0 N–H and O–H groups in total. The van der Waals surface area contributed by atoms with E-state index in [1.807, 2.05) is 18.7 Å². The third kappa shape index (κ3) is 1.95. The van der Waals surface area contributed by atoms with Crippen molar-refractivity contribution in [2.45, 2.75) is 39.7 Å². The van der Waals surface area contributed by atoms with Crippen molar-refractivity contribution in [3.63, 3.8) is 0 Å². The van der Waals surface area contributed by atoms with Crippen molar-refractivity contribution in [2.24, 2.45) is 7.05 Å². The van der Waals surface area contributed by atoms with Gasteiger partial charge in [-0.15, -0.1) is 11.6 Å². The van der Waals surface area contributed by atoms with Gasteiger partial charge in [0.2, 0.25) is 0 Å². The van der Waals surface area contributed by atoms with Crippen LogP contribution in [0.3, 0.4) is 0 Å². The van der Waals surface area contributed by atoms with E-state index in [0.717, 1.165) is 29.1 Å². The van der Waals surface area contributed by atoms with Gasteiger partial charge in [0.25, 0.3) is 0 Å². The summed E-state index contributed by atoms with van der Waals surface area (Å²) in [7, 11) is 1.96. The molecule has 0 radical (unpaired) electrons. The average Bonchev–Trinajstić information content (AvgIpc) is 2.67. The molecule has 0 saturated heterocycles. The summed E-state index contributed by atoms with van der Waals surface area (Å²) in [6.45, 7) is 8.52. The van der Waals surface area contributed by atoms with Crippen molar-refractivity contribution in [3.05, 3.63) is 11.5 Å². The van der Waals surface area contributed by atoms with Crippen molar-refractivity contribution in [1.82, 2.24) is 19.3 Å². The molecule has 4 nitrogen and oxygen atoms in total. The van der Waals surface area contributed by atoms with Gasteiger partial charge in [0.1, 0.15) is 11.3 Å². The smallest absolute Gasteiger partial charge is 0.159 e. The maximum Gasteiger partial charge on any atom is 0.159 e. The summed E-state index contributed by atoms with van der Waals surface area (Å²) in [6, 6.07) is 0. The van der Waals surface area contributed by atoms with Gasteiger partial charge in [-0.1, -0.05) is 0 Å². The fraction of sp³-hybridized carbons (Fsp3) is 0.667. The summed E-state index contributed by atoms with van der Waals surface area (Å²) in [5.41, 5.74) is 3.02. The third-order valence-electron chi connectivity index (χ3n) is 2.86. The highest BCUT2D eigenvalue weighted by atomic mass is 35.5. The highest BCUT2D eigenvalue weighted by Crippen LogP contribution is 2.26. The first-order valence-electron chi connectivity index (χ1n) is 5.83. The minimum atomic E-state index is -0.0175. The van der Waals surface area contributed by atoms with Crippen LogP contribution in [0.4, 0.5) is 0 Å². The quantitative estimate of drug-likeness (QED) is 0.773. The van der Waals surface area contributed by atoms with E-state index in [1.165, 1.54) is 0 Å². The van der Waals surface area contributed by atoms with Crippen LogP contribution in [-0.2, 0) is 19.0 Å². The summed E-state index contributed by atoms with van der Waals surface area (Å²) >= 11 is 5.86. The van der Waals surface area contributed by atoms with E-state index < -0.39 is 0 Å². The Bertz CT molecular complexity index is 545. The first kappa shape index (κ1) is 12.4. The SMILES string of the molecule is Cc1nn(C)c2c1nc(CCCl)n2C(C)(C)C. The summed E-state index contributed by atoms with van der Waals surface area (Å²) in [6.07, 6.45) is 0.785. The summed E-state index contributed by atoms with van der Waals surface area (Å²) in [5, 5.41) is 4.43. The molecule has 2 aromatic rings. The average molecular weight is 255 g/mol. The first-order valence-corrected chi connectivity index (χ1v) is 6.37. The van der Waals surface area contributed by atoms with Gasteiger partial charge < -0.3 is 4.57 Å². The van der Waals surface area contributed by atoms with E-state index >= 15 is 0 Å². The zero-order valence-corrected chi connectivity index (χ0v) is 11.8. The minimum absolute atomic E-state index is 0.0175. The Morgan fingerprint density at radius 2 is 1.94 bits per heavy atom. The second-order valence-electron chi connectivity index (χ2n) is 5.35. The zero-order chi connectivity index (χ0) is 12.8. The number of hydrogen-bond acceptors (Lipinski definition) is 2. The lowest BCUT2D eigenvalue weighted by Crippen LogP contribution is -2.25. The highest BCUT2D eigenvalue weighted by Gasteiger charge is 2.24. The molecule has 0 fully saturated rings. The largest absolute Gasteiger partial charge is 0.307 e. The van der Waals surface area contributed by atoms with Gasteiger partial charge in [0.15, 0.2) is 5.65 Å². The molecule has 0 aromatic carbocycles. The van der Waals surface area contributed by atoms with Crippen molar-refractivity contribution in [3.8, 4) is 0 Å². The predicted molar refractivity (Wildman–Crippen MR) is 70.7 cm³/mol. The molecular formula is C12H19ClN4. The van der Waals surface area contributed by atoms with E-state index in [1.54, 1.807) is 0 Å². The molecular weight excluding hydrogens is 236 g/mol. The Balaban J connectivity index is 2.78. The molecule has 0 aliphatic rings. The van der Waals surface area contributed by atoms with Gasteiger partial charge in [-0.3, -0.25) is 4.68 Å². The van der Waals surface area contributed by atoms with Crippen LogP contribution in [0.1, 0.15) is 32.3 Å². The monoisotopic (exact) mass is 254 g/mol. The molecule has 0 aliphatic carbocycles. The van der Waals surface area contributed by atoms with Gasteiger partial charge in [-0.2, -0.15) is 5.10 Å². The van der Waals surface area contributed by atoms with Crippen LogP contribution in [-0.4, -0.2) is 25.2 Å². The molecule has 0 atom stereocenters. The molecule has 2 heterocycles. The van der Waals surface area contributed by atoms with Crippen LogP contribution in [0.15, 0.2) is 0 Å². The summed E-state index contributed by atoms with van der Waals surface area (Å²) in [4.78, 5) is 4.68. The number of aromatic nitrogens is 4. The van der Waals surface area contributed by atoms with Gasteiger partial charge >= 0.3 is 0 Å². The molecule has 0 unspecified atom stereocenters. The van der Waals surface area contributed by atoms with E-state index in [9.17, 15) is 0 Å². The third-order valence-corrected chi connectivity index (χ3v) is 3.05. The van der Waals surface area contributed by atoms with E-state index in [2.05, 4.69) is 35.4 Å². The highest BCUT2D eigenvalue weighted by molar-refractivity contribution is 6.17. The Hall–Kier alpha value is -1.03. The van der Waals surface area contributed by atoms with Crippen LogP contribution in [0, 0.1) is 6.92 Å². The Labute approximate surface area is 107 Å². The molecule has 0 spiro atoms. The molecule has 2 aromatic heterocycles. The standard InChI is InChI=1S/C12H19ClN4/c1-8-10-11(16(5)15-8)17(12(2,3)4)9(14-10)6-7-13/h6-7H2,1-5H3. The number of imidazole rings is 1. The number of rotatable bonds is 2. The van der Waals surface area contributed by atoms with E-state index in [4.69, 9.17) is 11.6 Å². The summed E-state index contributed by atoms with van der Waals surface area (Å²) < 4.78 is 4.14. The number of hydrogen-bond donors (Lipinski definition) is 0. The van der Waals surface area contributed by atoms with Gasteiger partial charge in [0.05, 0.1) is 5.69 Å². The number of alkyl halides is 1. The number of halogens is 1. The van der Waals surface area contributed by atoms with Crippen molar-refractivity contribution < 1.29 is 0 Å². The number of nitrogens with zero attached hydrogens (tertiary/aromatic N) is 4. The predicted octanol–water partition coefficient (Wildman–Crippen LogP) is 2.61. The number of fused-ring (bicyclic) bond motifs is 1. The topological polar surface area (TPSA) is 35.6 Å². The van der Waals surface area contributed by atoms with Crippen molar-refractivity contribution in [1.29, 1.82) is 0 Å². The Morgan fingerprint density at radius 3 is 2.47 bits per heavy atom. The molecule has 94 valence electrons. The molecule has 5 heteroatoms. The van der Waals surface area contributed by atoms with Crippen molar-refractivity contribution >= 4 is 22.8 Å². The molecule has 17 heavy (non-hydrogen) atoms. The minimum Gasteiger partial charge on any atom is -0.307 e. The maximum atomic E-state index is 5.86. The first-order chi connectivity index (χ1) is 7.86. The van der Waals surface area contributed by atoms with Crippen molar-refractivity contribution in [2.75, 3.05) is 5.88 Å². The molecule has 0 saturated carbocycles. The lowest BCUT2D eigenvalue weighted by molar-refractivity contribution is 0.389. The fourth-order valence-corrected chi connectivity index (χ4v) is 2.44. The maximum absolute atomic E-state index is 5.86. The van der Waals surface area contributed by atoms with Crippen LogP contribution in [0.2, 0.25) is 0 Å². The van der Waals surface area contributed by atoms with Crippen LogP contribution in [0.25, 0.3) is 11.2 Å². The van der Waals surface area contributed by atoms with Crippen LogP contribution >= 0.6 is 11.6 Å². The fourth-order valence-electron chi connectivity index (χ4n) is 2.27. The van der Waals surface area contributed by atoms with Gasteiger partial charge in [-0.25, -0.2) is 4.98 Å². The molecule has 0 amide bonds. The molecule has 0 bridgehead atoms. The van der Waals surface area contributed by atoms with Crippen LogP contribution < -0.4 is 0 Å². The Morgan fingerprint density at radius 1 is 1.29 bits per heavy atom. The zero-order valence-electron chi connectivity index (χ0n) is 11.1. The van der Waals surface area contributed by atoms with E-state index in [0.29, 0.717) is 5.88 Å². The second-order valence-corrected chi connectivity index (χ2v) is 5.73. The lowest BCUT2D eigenvalue weighted by Gasteiger charge is -2.24. The van der Waals surface area contributed by atoms with Gasteiger partial charge in [-0.05, 0) is 27.7 Å². The van der Waals surface area contributed by atoms with Crippen LogP contribution in [0.5, 0.6) is 0 Å². The Kier molecular flexibility index (Phi) is 2.94. The normalized spacial score (nSPS) is 12.6. The lowest BCUT2D eigenvalue weighted by atomic mass is 10.1. The number of aryl methyl sites for hydroxylation is 3. The second kappa shape index (κ2) is 4.02.